The van der Waals surface area contributed by atoms with Gasteiger partial charge < -0.3 is 19.8 Å². The number of ether oxygens (including phenoxy) is 2. The van der Waals surface area contributed by atoms with E-state index in [2.05, 4.69) is 47.3 Å². The number of hydrogen-bond donors (Lipinski definition) is 2. The molecule has 0 unspecified atom stereocenters. The molecule has 1 heterocycles. The summed E-state index contributed by atoms with van der Waals surface area (Å²) in [5.74, 6) is -0.514. The number of aromatic amines is 1. The van der Waals surface area contributed by atoms with Crippen LogP contribution in [0.15, 0.2) is 78.2 Å². The van der Waals surface area contributed by atoms with Crippen LogP contribution in [0.3, 0.4) is 0 Å². The lowest BCUT2D eigenvalue weighted by atomic mass is 10.2. The Morgan fingerprint density at radius 3 is 2.67 bits per heavy atom. The van der Waals surface area contributed by atoms with E-state index in [1.165, 1.54) is 31.5 Å². The van der Waals surface area contributed by atoms with E-state index < -0.39 is 23.0 Å². The summed E-state index contributed by atoms with van der Waals surface area (Å²) >= 11 is 6.83. The summed E-state index contributed by atoms with van der Waals surface area (Å²) in [6.45, 7) is -0.382. The fraction of sp³-hybridized carbons (Fsp3) is 0.0833. The van der Waals surface area contributed by atoms with Gasteiger partial charge in [-0.2, -0.15) is 5.10 Å². The van der Waals surface area contributed by atoms with Gasteiger partial charge in [-0.3, -0.25) is 9.59 Å². The van der Waals surface area contributed by atoms with E-state index >= 15 is 0 Å². The SMILES string of the molecule is COc1cc(C=Nn2c(=O)[nH]c3ccccc3c2=O)c(Br)c(Br)c1OCC(=O)Nc1cccc(F)c1. The van der Waals surface area contributed by atoms with Gasteiger partial charge in [0, 0.05) is 15.7 Å². The molecule has 0 saturated carbocycles. The second-order valence-corrected chi connectivity index (χ2v) is 8.90. The molecule has 36 heavy (non-hydrogen) atoms. The van der Waals surface area contributed by atoms with Gasteiger partial charge in [-0.05, 0) is 68.3 Å². The molecule has 0 spiro atoms. The number of H-pyrrole nitrogens is 1. The van der Waals surface area contributed by atoms with E-state index in [-0.39, 0.29) is 18.1 Å². The van der Waals surface area contributed by atoms with Crippen LogP contribution >= 0.6 is 31.9 Å². The third kappa shape index (κ3) is 5.39. The molecule has 2 N–H and O–H groups in total. The molecule has 1 aromatic heterocycles. The Morgan fingerprint density at radius 1 is 1.14 bits per heavy atom. The first-order chi connectivity index (χ1) is 17.3. The lowest BCUT2D eigenvalue weighted by Gasteiger charge is -2.15. The molecule has 0 radical (unpaired) electrons. The van der Waals surface area contributed by atoms with Crippen molar-refractivity contribution in [3.63, 3.8) is 0 Å². The number of fused-ring (bicyclic) bond motifs is 1. The number of amides is 1. The first-order valence-corrected chi connectivity index (χ1v) is 11.9. The van der Waals surface area contributed by atoms with Crippen LogP contribution in [0.25, 0.3) is 10.9 Å². The first kappa shape index (κ1) is 25.3. The van der Waals surface area contributed by atoms with Gasteiger partial charge in [-0.1, -0.05) is 18.2 Å². The molecule has 12 heteroatoms. The molecule has 1 amide bonds. The normalized spacial score (nSPS) is 11.1. The fourth-order valence-corrected chi connectivity index (χ4v) is 4.20. The van der Waals surface area contributed by atoms with E-state index in [1.54, 1.807) is 36.4 Å². The smallest absolute Gasteiger partial charge is 0.349 e. The number of benzene rings is 3. The highest BCUT2D eigenvalue weighted by atomic mass is 79.9. The molecule has 3 aromatic carbocycles. The average Bonchev–Trinajstić information content (AvgIpc) is 2.85. The molecule has 4 aromatic rings. The van der Waals surface area contributed by atoms with Gasteiger partial charge >= 0.3 is 5.69 Å². The number of aromatic nitrogens is 2. The minimum atomic E-state index is -0.693. The number of nitrogens with zero attached hydrogens (tertiary/aromatic N) is 2. The second kappa shape index (κ2) is 10.9. The lowest BCUT2D eigenvalue weighted by molar-refractivity contribution is -0.118. The number of halogens is 3. The quantitative estimate of drug-likeness (QED) is 0.300. The van der Waals surface area contributed by atoms with Crippen molar-refractivity contribution >= 4 is 60.6 Å². The molecule has 0 aliphatic rings. The summed E-state index contributed by atoms with van der Waals surface area (Å²) in [5.41, 5.74) is -0.109. The van der Waals surface area contributed by atoms with Gasteiger partial charge in [0.1, 0.15) is 5.82 Å². The average molecular weight is 620 g/mol. The van der Waals surface area contributed by atoms with E-state index in [0.29, 0.717) is 31.1 Å². The van der Waals surface area contributed by atoms with Crippen LogP contribution < -0.4 is 26.0 Å². The molecule has 0 aliphatic carbocycles. The van der Waals surface area contributed by atoms with Crippen LogP contribution in [-0.2, 0) is 4.79 Å². The molecule has 0 saturated heterocycles. The zero-order valence-corrected chi connectivity index (χ0v) is 21.7. The van der Waals surface area contributed by atoms with E-state index in [0.717, 1.165) is 4.68 Å². The van der Waals surface area contributed by atoms with Gasteiger partial charge in [0.15, 0.2) is 18.1 Å². The number of nitrogens with one attached hydrogen (secondary N) is 2. The topological polar surface area (TPSA) is 115 Å². The van der Waals surface area contributed by atoms with Crippen molar-refractivity contribution in [3.8, 4) is 11.5 Å². The number of hydrogen-bond acceptors (Lipinski definition) is 6. The number of rotatable bonds is 7. The van der Waals surface area contributed by atoms with Gasteiger partial charge in [0.2, 0.25) is 0 Å². The highest BCUT2D eigenvalue weighted by Crippen LogP contribution is 2.42. The van der Waals surface area contributed by atoms with Crippen molar-refractivity contribution in [1.82, 2.24) is 9.66 Å². The number of anilines is 1. The highest BCUT2D eigenvalue weighted by Gasteiger charge is 2.18. The third-order valence-electron chi connectivity index (χ3n) is 4.93. The van der Waals surface area contributed by atoms with Crippen LogP contribution in [0.4, 0.5) is 10.1 Å². The molecular weight excluding hydrogens is 603 g/mol. The van der Waals surface area contributed by atoms with E-state index in [4.69, 9.17) is 9.47 Å². The van der Waals surface area contributed by atoms with Gasteiger partial charge in [-0.15, -0.1) is 4.68 Å². The maximum absolute atomic E-state index is 13.3. The zero-order chi connectivity index (χ0) is 25.8. The van der Waals surface area contributed by atoms with E-state index in [9.17, 15) is 18.8 Å². The van der Waals surface area contributed by atoms with Crippen LogP contribution in [0.2, 0.25) is 0 Å². The van der Waals surface area contributed by atoms with E-state index in [1.807, 2.05) is 0 Å². The minimum Gasteiger partial charge on any atom is -0.493 e. The highest BCUT2D eigenvalue weighted by molar-refractivity contribution is 9.13. The number of para-hydroxylation sites is 1. The number of carbonyl (C=O) groups is 1. The maximum atomic E-state index is 13.3. The molecule has 0 bridgehead atoms. The van der Waals surface area contributed by atoms with Crippen LogP contribution in [0, 0.1) is 5.82 Å². The number of carbonyl (C=O) groups excluding carboxylic acids is 1. The molecule has 0 fully saturated rings. The van der Waals surface area contributed by atoms with Gasteiger partial charge in [-0.25, -0.2) is 9.18 Å². The first-order valence-electron chi connectivity index (χ1n) is 10.3. The second-order valence-electron chi connectivity index (χ2n) is 7.31. The van der Waals surface area contributed by atoms with Crippen molar-refractivity contribution < 1.29 is 18.7 Å². The summed E-state index contributed by atoms with van der Waals surface area (Å²) in [6.07, 6.45) is 1.31. The fourth-order valence-electron chi connectivity index (χ4n) is 3.26. The summed E-state index contributed by atoms with van der Waals surface area (Å²) in [7, 11) is 1.41. The minimum absolute atomic E-state index is 0.219. The molecule has 0 atom stereocenters. The van der Waals surface area contributed by atoms with Crippen molar-refractivity contribution in [2.45, 2.75) is 0 Å². The predicted molar refractivity (Wildman–Crippen MR) is 141 cm³/mol. The Kier molecular flexibility index (Phi) is 7.65. The van der Waals surface area contributed by atoms with Crippen molar-refractivity contribution in [3.05, 3.63) is 95.8 Å². The Hall–Kier alpha value is -3.77. The maximum Gasteiger partial charge on any atom is 0.349 e. The summed E-state index contributed by atoms with van der Waals surface area (Å²) in [5, 5.41) is 6.91. The number of methoxy groups -OCH3 is 1. The Balaban J connectivity index is 1.59. The largest absolute Gasteiger partial charge is 0.493 e. The molecule has 4 rings (SSSR count). The summed E-state index contributed by atoms with van der Waals surface area (Å²) in [6, 6.07) is 13.6. The predicted octanol–water partition coefficient (Wildman–Crippen LogP) is 4.26. The van der Waals surface area contributed by atoms with Gasteiger partial charge in [0.05, 0.1) is 28.7 Å². The lowest BCUT2D eigenvalue weighted by Crippen LogP contribution is -2.32. The molecule has 184 valence electrons. The summed E-state index contributed by atoms with van der Waals surface area (Å²) < 4.78 is 26.0. The summed E-state index contributed by atoms with van der Waals surface area (Å²) in [4.78, 5) is 39.9. The Morgan fingerprint density at radius 2 is 1.92 bits per heavy atom. The standard InChI is InChI=1S/C24H17Br2FN4O5/c1-35-18-9-13(11-28-31-23(33)16-7-2-3-8-17(16)30-24(31)34)20(25)21(26)22(18)36-12-19(32)29-15-6-4-5-14(27)10-15/h2-11H,12H2,1H3,(H,29,32)(H,30,34). The van der Waals surface area contributed by atoms with Gasteiger partial charge in [0.25, 0.3) is 11.5 Å². The van der Waals surface area contributed by atoms with Crippen LogP contribution in [0.5, 0.6) is 11.5 Å². The van der Waals surface area contributed by atoms with Crippen LogP contribution in [-0.4, -0.2) is 35.5 Å². The van der Waals surface area contributed by atoms with Crippen molar-refractivity contribution in [2.75, 3.05) is 19.0 Å². The zero-order valence-electron chi connectivity index (χ0n) is 18.6. The van der Waals surface area contributed by atoms with Crippen molar-refractivity contribution in [1.29, 1.82) is 0 Å². The molecular formula is C24H17Br2FN4O5. The molecule has 9 nitrogen and oxygen atoms in total. The Labute approximate surface area is 219 Å². The molecule has 0 aliphatic heterocycles. The Bertz CT molecular complexity index is 1620. The third-order valence-corrected chi connectivity index (χ3v) is 7.07. The monoisotopic (exact) mass is 618 g/mol. The van der Waals surface area contributed by atoms with Crippen LogP contribution in [0.1, 0.15) is 5.56 Å². The van der Waals surface area contributed by atoms with Crippen molar-refractivity contribution in [2.24, 2.45) is 5.10 Å².